The molecule has 8 heteroatoms. The molecular weight excluding hydrogens is 308 g/mol. The number of hydrogen-bond donors (Lipinski definition) is 3. The van der Waals surface area contributed by atoms with Crippen LogP contribution in [0.25, 0.3) is 0 Å². The van der Waals surface area contributed by atoms with Crippen molar-refractivity contribution in [2.24, 2.45) is 11.1 Å². The number of carbonyl (C=O) groups excluding carboxylic acids is 1. The Hall–Kier alpha value is -1.93. The van der Waals surface area contributed by atoms with Crippen molar-refractivity contribution < 1.29 is 23.1 Å². The maximum atomic E-state index is 11.6. The third kappa shape index (κ3) is 6.68. The Kier molecular flexibility index (Phi) is 6.51. The molecule has 1 amide bonds. The fraction of sp³-hybridized carbons (Fsp3) is 0.429. The van der Waals surface area contributed by atoms with Crippen LogP contribution in [0.2, 0.25) is 0 Å². The zero-order valence-electron chi connectivity index (χ0n) is 12.3. The summed E-state index contributed by atoms with van der Waals surface area (Å²) in [6, 6.07) is 6.11. The maximum absolute atomic E-state index is 11.6. The predicted octanol–water partition coefficient (Wildman–Crippen LogP) is 0.494. The summed E-state index contributed by atoms with van der Waals surface area (Å²) in [6.07, 6.45) is 0.670. The number of sulfonamides is 1. The molecule has 0 saturated heterocycles. The summed E-state index contributed by atoms with van der Waals surface area (Å²) >= 11 is 0. The van der Waals surface area contributed by atoms with Crippen molar-refractivity contribution in [3.8, 4) is 0 Å². The summed E-state index contributed by atoms with van der Waals surface area (Å²) in [5, 5.41) is 16.3. The number of benzene rings is 1. The van der Waals surface area contributed by atoms with Gasteiger partial charge in [-0.2, -0.15) is 0 Å². The molecule has 0 saturated carbocycles. The summed E-state index contributed by atoms with van der Waals surface area (Å²) in [4.78, 5) is 22.2. The number of primary sulfonamides is 1. The van der Waals surface area contributed by atoms with E-state index in [2.05, 4.69) is 5.32 Å². The van der Waals surface area contributed by atoms with Gasteiger partial charge in [0, 0.05) is 19.4 Å². The van der Waals surface area contributed by atoms with Crippen LogP contribution in [-0.4, -0.2) is 31.9 Å². The number of carboxylic acid groups (broad SMARTS) is 1. The number of nitrogens with two attached hydrogens (primary N) is 1. The second-order valence-electron chi connectivity index (χ2n) is 5.20. The minimum Gasteiger partial charge on any atom is -0.481 e. The molecule has 0 aliphatic carbocycles. The summed E-state index contributed by atoms with van der Waals surface area (Å²) in [7, 11) is -3.69. The SMILES string of the molecule is C[C@H](CC(=O)O)CC(=O)NCCc1ccc(S(N)(=O)=O)cc1. The molecule has 1 atom stereocenters. The highest BCUT2D eigenvalue weighted by atomic mass is 32.2. The molecule has 0 aliphatic rings. The third-order valence-corrected chi connectivity index (χ3v) is 3.97. The van der Waals surface area contributed by atoms with Crippen LogP contribution in [0.5, 0.6) is 0 Å². The molecule has 1 rings (SSSR count). The van der Waals surface area contributed by atoms with Crippen LogP contribution in [0.4, 0.5) is 0 Å². The van der Waals surface area contributed by atoms with Gasteiger partial charge in [-0.3, -0.25) is 9.59 Å². The van der Waals surface area contributed by atoms with Crippen molar-refractivity contribution in [2.75, 3.05) is 6.54 Å². The minimum atomic E-state index is -3.69. The fourth-order valence-corrected chi connectivity index (χ4v) is 2.47. The van der Waals surface area contributed by atoms with E-state index in [1.165, 1.54) is 12.1 Å². The molecule has 22 heavy (non-hydrogen) atoms. The standard InChI is InChI=1S/C14H20N2O5S/c1-10(9-14(18)19)8-13(17)16-7-6-11-2-4-12(5-3-11)22(15,20)21/h2-5,10H,6-9H2,1H3,(H,16,17)(H,18,19)(H2,15,20,21)/t10-/m0/s1. The number of rotatable bonds is 8. The Bertz CT molecular complexity index is 625. The predicted molar refractivity (Wildman–Crippen MR) is 80.6 cm³/mol. The maximum Gasteiger partial charge on any atom is 0.303 e. The highest BCUT2D eigenvalue weighted by Crippen LogP contribution is 2.09. The van der Waals surface area contributed by atoms with E-state index in [9.17, 15) is 18.0 Å². The van der Waals surface area contributed by atoms with E-state index in [1.807, 2.05) is 0 Å². The molecule has 4 N–H and O–H groups in total. The molecule has 0 aliphatic heterocycles. The van der Waals surface area contributed by atoms with Crippen LogP contribution in [0.15, 0.2) is 29.2 Å². The zero-order valence-corrected chi connectivity index (χ0v) is 13.1. The van der Waals surface area contributed by atoms with Crippen molar-refractivity contribution in [3.05, 3.63) is 29.8 Å². The van der Waals surface area contributed by atoms with Crippen LogP contribution >= 0.6 is 0 Å². The van der Waals surface area contributed by atoms with Gasteiger partial charge in [0.25, 0.3) is 0 Å². The first-order valence-electron chi connectivity index (χ1n) is 6.78. The van der Waals surface area contributed by atoms with Crippen LogP contribution in [-0.2, 0) is 26.0 Å². The lowest BCUT2D eigenvalue weighted by atomic mass is 10.0. The van der Waals surface area contributed by atoms with Crippen LogP contribution in [0.1, 0.15) is 25.3 Å². The Balaban J connectivity index is 2.38. The first-order valence-corrected chi connectivity index (χ1v) is 8.33. The lowest BCUT2D eigenvalue weighted by molar-refractivity contribution is -0.138. The Labute approximate surface area is 129 Å². The lowest BCUT2D eigenvalue weighted by Crippen LogP contribution is -2.27. The minimum absolute atomic E-state index is 0.0392. The molecule has 0 radical (unpaired) electrons. The van der Waals surface area contributed by atoms with E-state index in [1.54, 1.807) is 19.1 Å². The number of aliphatic carboxylic acids is 1. The molecule has 0 fully saturated rings. The normalized spacial score (nSPS) is 12.6. The van der Waals surface area contributed by atoms with Gasteiger partial charge in [-0.25, -0.2) is 13.6 Å². The van der Waals surface area contributed by atoms with Crippen molar-refractivity contribution in [3.63, 3.8) is 0 Å². The Morgan fingerprint density at radius 3 is 2.32 bits per heavy atom. The fourth-order valence-electron chi connectivity index (χ4n) is 1.95. The van der Waals surface area contributed by atoms with Gasteiger partial charge in [0.1, 0.15) is 0 Å². The zero-order chi connectivity index (χ0) is 16.8. The molecular formula is C14H20N2O5S. The average molecular weight is 328 g/mol. The van der Waals surface area contributed by atoms with Gasteiger partial charge in [-0.05, 0) is 30.0 Å². The molecule has 0 aromatic heterocycles. The number of amides is 1. The Morgan fingerprint density at radius 1 is 1.23 bits per heavy atom. The molecule has 0 bridgehead atoms. The number of carbonyl (C=O) groups is 2. The van der Waals surface area contributed by atoms with Gasteiger partial charge in [-0.15, -0.1) is 0 Å². The van der Waals surface area contributed by atoms with Gasteiger partial charge in [0.15, 0.2) is 0 Å². The second kappa shape index (κ2) is 7.90. The van der Waals surface area contributed by atoms with Crippen molar-refractivity contribution in [2.45, 2.75) is 31.1 Å². The van der Waals surface area contributed by atoms with Gasteiger partial charge >= 0.3 is 5.97 Å². The Morgan fingerprint density at radius 2 is 1.82 bits per heavy atom. The molecule has 1 aromatic rings. The monoisotopic (exact) mass is 328 g/mol. The molecule has 122 valence electrons. The summed E-state index contributed by atoms with van der Waals surface area (Å²) in [6.45, 7) is 2.10. The largest absolute Gasteiger partial charge is 0.481 e. The smallest absolute Gasteiger partial charge is 0.303 e. The summed E-state index contributed by atoms with van der Waals surface area (Å²) in [5.41, 5.74) is 0.867. The molecule has 1 aromatic carbocycles. The third-order valence-electron chi connectivity index (χ3n) is 3.04. The van der Waals surface area contributed by atoms with Gasteiger partial charge in [0.05, 0.1) is 4.90 Å². The van der Waals surface area contributed by atoms with Crippen LogP contribution < -0.4 is 10.5 Å². The van der Waals surface area contributed by atoms with Crippen molar-refractivity contribution in [1.29, 1.82) is 0 Å². The van der Waals surface area contributed by atoms with E-state index in [0.717, 1.165) is 5.56 Å². The molecule has 7 nitrogen and oxygen atoms in total. The van der Waals surface area contributed by atoms with Gasteiger partial charge in [0.2, 0.25) is 15.9 Å². The summed E-state index contributed by atoms with van der Waals surface area (Å²) in [5.74, 6) is -1.34. The number of nitrogens with one attached hydrogen (secondary N) is 1. The van der Waals surface area contributed by atoms with Crippen molar-refractivity contribution >= 4 is 21.9 Å². The van der Waals surface area contributed by atoms with E-state index in [4.69, 9.17) is 10.2 Å². The second-order valence-corrected chi connectivity index (χ2v) is 6.76. The first kappa shape index (κ1) is 18.1. The van der Waals surface area contributed by atoms with Crippen LogP contribution in [0, 0.1) is 5.92 Å². The van der Waals surface area contributed by atoms with Gasteiger partial charge in [-0.1, -0.05) is 19.1 Å². The number of hydrogen-bond acceptors (Lipinski definition) is 4. The highest BCUT2D eigenvalue weighted by Gasteiger charge is 2.12. The highest BCUT2D eigenvalue weighted by molar-refractivity contribution is 7.89. The van der Waals surface area contributed by atoms with E-state index in [-0.39, 0.29) is 29.6 Å². The average Bonchev–Trinajstić information content (AvgIpc) is 2.37. The first-order chi connectivity index (χ1) is 10.2. The van der Waals surface area contributed by atoms with Crippen LogP contribution in [0.3, 0.4) is 0 Å². The molecule has 0 unspecified atom stereocenters. The van der Waals surface area contributed by atoms with E-state index >= 15 is 0 Å². The summed E-state index contributed by atoms with van der Waals surface area (Å²) < 4.78 is 22.2. The molecule has 0 spiro atoms. The van der Waals surface area contributed by atoms with Gasteiger partial charge < -0.3 is 10.4 Å². The van der Waals surface area contributed by atoms with E-state index < -0.39 is 16.0 Å². The lowest BCUT2D eigenvalue weighted by Gasteiger charge is -2.09. The van der Waals surface area contributed by atoms with E-state index in [0.29, 0.717) is 13.0 Å². The topological polar surface area (TPSA) is 127 Å². The number of carboxylic acids is 1. The van der Waals surface area contributed by atoms with Crippen molar-refractivity contribution in [1.82, 2.24) is 5.32 Å². The molecule has 0 heterocycles. The quantitative estimate of drug-likeness (QED) is 0.640.